The lowest BCUT2D eigenvalue weighted by atomic mass is 9.86. The Labute approximate surface area is 196 Å². The molecule has 0 bridgehead atoms. The molecule has 1 aromatic heterocycles. The van der Waals surface area contributed by atoms with Gasteiger partial charge in [-0.2, -0.15) is 0 Å². The van der Waals surface area contributed by atoms with E-state index < -0.39 is 0 Å². The Kier molecular flexibility index (Phi) is 5.72. The molecule has 33 heavy (non-hydrogen) atoms. The van der Waals surface area contributed by atoms with Crippen LogP contribution in [0.5, 0.6) is 0 Å². The molecule has 3 heteroatoms. The second-order valence-electron chi connectivity index (χ2n) is 9.87. The lowest BCUT2D eigenvalue weighted by molar-refractivity contribution is 0.590. The summed E-state index contributed by atoms with van der Waals surface area (Å²) in [5.41, 5.74) is 7.53. The standard InChI is InChI=1S/C30H31N3/c1-30(2,3)26-20-18-25(19-21-26)29-32-31-28(33(29)27-12-8-5-9-13-27)24-16-14-23(15-17-24)22-10-6-4-7-11-22/h4-6,8,10,12,14-21H,7,9,11,13H2,1-3H3. The van der Waals surface area contributed by atoms with Gasteiger partial charge in [0.2, 0.25) is 0 Å². The van der Waals surface area contributed by atoms with Gasteiger partial charge >= 0.3 is 0 Å². The molecule has 0 spiro atoms. The summed E-state index contributed by atoms with van der Waals surface area (Å²) < 4.78 is 2.24. The van der Waals surface area contributed by atoms with Crippen molar-refractivity contribution in [2.45, 2.75) is 51.9 Å². The highest BCUT2D eigenvalue weighted by atomic mass is 15.3. The highest BCUT2D eigenvalue weighted by molar-refractivity contribution is 5.74. The number of benzene rings is 2. The lowest BCUT2D eigenvalue weighted by Crippen LogP contribution is -2.10. The molecule has 166 valence electrons. The van der Waals surface area contributed by atoms with Crippen molar-refractivity contribution in [1.29, 1.82) is 0 Å². The number of allylic oxidation sites excluding steroid dienone is 8. The average Bonchev–Trinajstić information content (AvgIpc) is 3.30. The van der Waals surface area contributed by atoms with Crippen molar-refractivity contribution in [2.75, 3.05) is 0 Å². The molecule has 2 aliphatic carbocycles. The summed E-state index contributed by atoms with van der Waals surface area (Å²) in [6.45, 7) is 6.72. The summed E-state index contributed by atoms with van der Waals surface area (Å²) in [7, 11) is 0. The van der Waals surface area contributed by atoms with E-state index in [-0.39, 0.29) is 5.41 Å². The van der Waals surface area contributed by atoms with E-state index in [0.717, 1.165) is 48.5 Å². The van der Waals surface area contributed by atoms with Crippen molar-refractivity contribution < 1.29 is 0 Å². The molecule has 3 nitrogen and oxygen atoms in total. The molecule has 0 amide bonds. The average molecular weight is 434 g/mol. The largest absolute Gasteiger partial charge is 0.279 e. The molecule has 0 atom stereocenters. The maximum absolute atomic E-state index is 4.67. The maximum Gasteiger partial charge on any atom is 0.168 e. The summed E-state index contributed by atoms with van der Waals surface area (Å²) in [6.07, 6.45) is 17.4. The first-order valence-electron chi connectivity index (χ1n) is 11.9. The highest BCUT2D eigenvalue weighted by Crippen LogP contribution is 2.33. The van der Waals surface area contributed by atoms with Gasteiger partial charge in [0.05, 0.1) is 0 Å². The molecular weight excluding hydrogens is 402 g/mol. The maximum atomic E-state index is 4.67. The molecule has 0 unspecified atom stereocenters. The van der Waals surface area contributed by atoms with Gasteiger partial charge in [0, 0.05) is 16.8 Å². The van der Waals surface area contributed by atoms with Crippen LogP contribution in [0.2, 0.25) is 0 Å². The van der Waals surface area contributed by atoms with E-state index in [1.807, 2.05) is 0 Å². The molecular formula is C30H31N3. The molecule has 1 heterocycles. The van der Waals surface area contributed by atoms with E-state index in [2.05, 4.69) is 121 Å². The highest BCUT2D eigenvalue weighted by Gasteiger charge is 2.20. The number of hydrogen-bond acceptors (Lipinski definition) is 2. The van der Waals surface area contributed by atoms with E-state index >= 15 is 0 Å². The molecule has 5 rings (SSSR count). The van der Waals surface area contributed by atoms with E-state index in [1.165, 1.54) is 22.4 Å². The van der Waals surface area contributed by atoms with Crippen LogP contribution in [0.4, 0.5) is 0 Å². The minimum Gasteiger partial charge on any atom is -0.279 e. The Morgan fingerprint density at radius 3 is 1.73 bits per heavy atom. The molecule has 0 aliphatic heterocycles. The summed E-state index contributed by atoms with van der Waals surface area (Å²) in [6, 6.07) is 17.6. The third-order valence-corrected chi connectivity index (χ3v) is 6.48. The first kappa shape index (κ1) is 21.4. The summed E-state index contributed by atoms with van der Waals surface area (Å²) >= 11 is 0. The van der Waals surface area contributed by atoms with Crippen molar-refractivity contribution in [2.24, 2.45) is 0 Å². The molecule has 0 radical (unpaired) electrons. The predicted molar refractivity (Wildman–Crippen MR) is 139 cm³/mol. The Balaban J connectivity index is 1.56. The number of aromatic nitrogens is 3. The van der Waals surface area contributed by atoms with Gasteiger partial charge in [-0.15, -0.1) is 10.2 Å². The van der Waals surface area contributed by atoms with Crippen LogP contribution < -0.4 is 0 Å². The van der Waals surface area contributed by atoms with Crippen LogP contribution in [0.25, 0.3) is 34.0 Å². The topological polar surface area (TPSA) is 30.7 Å². The minimum absolute atomic E-state index is 0.124. The fraction of sp³-hybridized carbons (Fsp3) is 0.267. The molecule has 3 aromatic rings. The molecule has 2 aliphatic rings. The normalized spacial score (nSPS) is 16.0. The van der Waals surface area contributed by atoms with E-state index in [4.69, 9.17) is 0 Å². The fourth-order valence-electron chi connectivity index (χ4n) is 4.50. The van der Waals surface area contributed by atoms with Gasteiger partial charge in [-0.1, -0.05) is 99.7 Å². The summed E-state index contributed by atoms with van der Waals surface area (Å²) in [5, 5.41) is 9.34. The Morgan fingerprint density at radius 2 is 1.21 bits per heavy atom. The number of nitrogens with zero attached hydrogens (tertiary/aromatic N) is 3. The lowest BCUT2D eigenvalue weighted by Gasteiger charge is -2.20. The third-order valence-electron chi connectivity index (χ3n) is 6.48. The van der Waals surface area contributed by atoms with Gasteiger partial charge in [-0.3, -0.25) is 4.57 Å². The zero-order chi connectivity index (χ0) is 22.8. The minimum atomic E-state index is 0.124. The van der Waals surface area contributed by atoms with Crippen LogP contribution in [0.1, 0.15) is 57.6 Å². The summed E-state index contributed by atoms with van der Waals surface area (Å²) in [4.78, 5) is 0. The van der Waals surface area contributed by atoms with E-state index in [1.54, 1.807) is 0 Å². The van der Waals surface area contributed by atoms with Crippen LogP contribution in [0.3, 0.4) is 0 Å². The van der Waals surface area contributed by atoms with Crippen LogP contribution in [0, 0.1) is 0 Å². The molecule has 2 aromatic carbocycles. The molecule has 0 fully saturated rings. The smallest absolute Gasteiger partial charge is 0.168 e. The molecule has 0 saturated heterocycles. The quantitative estimate of drug-likeness (QED) is 0.420. The van der Waals surface area contributed by atoms with Gasteiger partial charge in [0.1, 0.15) is 0 Å². The van der Waals surface area contributed by atoms with Crippen molar-refractivity contribution in [3.8, 4) is 22.8 Å². The second-order valence-corrected chi connectivity index (χ2v) is 9.87. The van der Waals surface area contributed by atoms with Gasteiger partial charge in [0.15, 0.2) is 11.6 Å². The van der Waals surface area contributed by atoms with Crippen LogP contribution in [-0.4, -0.2) is 14.8 Å². The van der Waals surface area contributed by atoms with Crippen molar-refractivity contribution in [3.05, 3.63) is 96.1 Å². The zero-order valence-corrected chi connectivity index (χ0v) is 19.8. The first-order valence-corrected chi connectivity index (χ1v) is 11.9. The molecule has 0 N–H and O–H groups in total. The first-order chi connectivity index (χ1) is 16.0. The third kappa shape index (κ3) is 4.41. The Hall–Kier alpha value is -3.46. The molecule has 0 saturated carbocycles. The van der Waals surface area contributed by atoms with Gasteiger partial charge < -0.3 is 0 Å². The van der Waals surface area contributed by atoms with Crippen LogP contribution >= 0.6 is 0 Å². The summed E-state index contributed by atoms with van der Waals surface area (Å²) in [5.74, 6) is 1.80. The number of hydrogen-bond donors (Lipinski definition) is 0. The van der Waals surface area contributed by atoms with E-state index in [0.29, 0.717) is 0 Å². The predicted octanol–water partition coefficient (Wildman–Crippen LogP) is 7.83. The van der Waals surface area contributed by atoms with E-state index in [9.17, 15) is 0 Å². The van der Waals surface area contributed by atoms with Gasteiger partial charge in [0.25, 0.3) is 0 Å². The monoisotopic (exact) mass is 433 g/mol. The van der Waals surface area contributed by atoms with Crippen LogP contribution in [0.15, 0.2) is 85.0 Å². The SMILES string of the molecule is CC(C)(C)c1ccc(-c2nnc(-c3ccc(C4=CC=CCC4)cc3)n2C2=CC=CCC2)cc1. The number of rotatable bonds is 4. The van der Waals surface area contributed by atoms with Crippen molar-refractivity contribution >= 4 is 11.3 Å². The van der Waals surface area contributed by atoms with Gasteiger partial charge in [-0.05, 0) is 53.9 Å². The second kappa shape index (κ2) is 8.82. The van der Waals surface area contributed by atoms with Crippen molar-refractivity contribution in [3.63, 3.8) is 0 Å². The van der Waals surface area contributed by atoms with Gasteiger partial charge in [-0.25, -0.2) is 0 Å². The van der Waals surface area contributed by atoms with Crippen LogP contribution in [-0.2, 0) is 5.41 Å². The Bertz CT molecular complexity index is 1260. The van der Waals surface area contributed by atoms with Crippen molar-refractivity contribution in [1.82, 2.24) is 14.8 Å². The Morgan fingerprint density at radius 1 is 0.667 bits per heavy atom. The zero-order valence-electron chi connectivity index (χ0n) is 19.8. The fourth-order valence-corrected chi connectivity index (χ4v) is 4.50.